The number of hydrogen-bond acceptors (Lipinski definition) is 3. The van der Waals surface area contributed by atoms with Gasteiger partial charge in [0.2, 0.25) is 5.91 Å². The van der Waals surface area contributed by atoms with E-state index in [0.29, 0.717) is 12.3 Å². The molecule has 1 rings (SSSR count). The fourth-order valence-corrected chi connectivity index (χ4v) is 2.42. The van der Waals surface area contributed by atoms with Gasteiger partial charge in [-0.1, -0.05) is 0 Å². The molecule has 0 aromatic heterocycles. The molecule has 0 heterocycles. The van der Waals surface area contributed by atoms with Gasteiger partial charge >= 0.3 is 0 Å². The zero-order chi connectivity index (χ0) is 12.8. The van der Waals surface area contributed by atoms with Crippen LogP contribution in [0.1, 0.15) is 39.0 Å². The Morgan fingerprint density at radius 3 is 2.53 bits per heavy atom. The fraction of sp³-hybridized carbons (Fsp3) is 0.846. The van der Waals surface area contributed by atoms with E-state index in [1.165, 1.54) is 0 Å². The summed E-state index contributed by atoms with van der Waals surface area (Å²) < 4.78 is 0. The average molecular weight is 237 g/mol. The van der Waals surface area contributed by atoms with E-state index < -0.39 is 0 Å². The van der Waals surface area contributed by atoms with Crippen LogP contribution in [0.4, 0.5) is 0 Å². The van der Waals surface area contributed by atoms with Crippen LogP contribution in [0.15, 0.2) is 0 Å². The number of nitrogens with two attached hydrogens (primary N) is 1. The van der Waals surface area contributed by atoms with Crippen LogP contribution in [-0.2, 0) is 4.79 Å². The molecule has 0 saturated heterocycles. The molecule has 0 aliphatic heterocycles. The van der Waals surface area contributed by atoms with Crippen LogP contribution in [0.3, 0.4) is 0 Å². The summed E-state index contributed by atoms with van der Waals surface area (Å²) in [6.07, 6.45) is 4.43. The number of amides is 1. The van der Waals surface area contributed by atoms with Crippen molar-refractivity contribution in [1.29, 1.82) is 5.26 Å². The van der Waals surface area contributed by atoms with Gasteiger partial charge in [0.1, 0.15) is 0 Å². The molecule has 1 amide bonds. The first-order chi connectivity index (χ1) is 8.10. The largest absolute Gasteiger partial charge is 0.342 e. The molecule has 0 bridgehead atoms. The van der Waals surface area contributed by atoms with Crippen molar-refractivity contribution in [2.45, 2.75) is 45.1 Å². The van der Waals surface area contributed by atoms with E-state index in [1.807, 2.05) is 6.92 Å². The summed E-state index contributed by atoms with van der Waals surface area (Å²) in [6, 6.07) is 2.13. The lowest BCUT2D eigenvalue weighted by Gasteiger charge is -2.32. The maximum absolute atomic E-state index is 12.2. The Balaban J connectivity index is 2.46. The minimum atomic E-state index is 0.0136. The van der Waals surface area contributed by atoms with Gasteiger partial charge in [-0.15, -0.1) is 0 Å². The molecule has 1 unspecified atom stereocenters. The van der Waals surface area contributed by atoms with Gasteiger partial charge in [-0.25, -0.2) is 0 Å². The third-order valence-electron chi connectivity index (χ3n) is 3.92. The maximum Gasteiger partial charge on any atom is 0.225 e. The summed E-state index contributed by atoms with van der Waals surface area (Å²) >= 11 is 0. The van der Waals surface area contributed by atoms with E-state index in [9.17, 15) is 4.79 Å². The Kier molecular flexibility index (Phi) is 5.43. The molecule has 1 fully saturated rings. The Bertz CT molecular complexity index is 290. The molecular formula is C13H23N3O. The number of hydrogen-bond donors (Lipinski definition) is 1. The van der Waals surface area contributed by atoms with Gasteiger partial charge in [-0.05, 0) is 45.1 Å². The van der Waals surface area contributed by atoms with Crippen molar-refractivity contribution >= 4 is 5.91 Å². The Hall–Kier alpha value is -1.08. The van der Waals surface area contributed by atoms with Crippen LogP contribution < -0.4 is 5.73 Å². The molecule has 0 radical (unpaired) electrons. The van der Waals surface area contributed by atoms with E-state index in [4.69, 9.17) is 11.0 Å². The first-order valence-corrected chi connectivity index (χ1v) is 6.43. The topological polar surface area (TPSA) is 70.1 Å². The van der Waals surface area contributed by atoms with Gasteiger partial charge in [0, 0.05) is 19.0 Å². The van der Waals surface area contributed by atoms with E-state index in [1.54, 1.807) is 11.9 Å². The van der Waals surface area contributed by atoms with Crippen LogP contribution in [-0.4, -0.2) is 30.4 Å². The highest BCUT2D eigenvalue weighted by Gasteiger charge is 2.29. The molecule has 2 N–H and O–H groups in total. The van der Waals surface area contributed by atoms with E-state index in [0.717, 1.165) is 32.2 Å². The number of carbonyl (C=O) groups excluding carboxylic acids is 1. The molecule has 0 aromatic carbocycles. The zero-order valence-electron chi connectivity index (χ0n) is 10.9. The molecule has 17 heavy (non-hydrogen) atoms. The summed E-state index contributed by atoms with van der Waals surface area (Å²) in [5.74, 6) is 0.938. The zero-order valence-corrected chi connectivity index (χ0v) is 10.9. The predicted molar refractivity (Wildman–Crippen MR) is 67.0 cm³/mol. The highest BCUT2D eigenvalue weighted by Crippen LogP contribution is 2.29. The molecule has 4 nitrogen and oxygen atoms in total. The van der Waals surface area contributed by atoms with Gasteiger partial charge in [-0.3, -0.25) is 4.79 Å². The summed E-state index contributed by atoms with van der Waals surface area (Å²) in [4.78, 5) is 13.9. The summed E-state index contributed by atoms with van der Waals surface area (Å²) in [5, 5.41) is 8.64. The minimum Gasteiger partial charge on any atom is -0.342 e. The minimum absolute atomic E-state index is 0.0136. The number of nitrogens with zero attached hydrogens (tertiary/aromatic N) is 2. The first kappa shape index (κ1) is 14.0. The fourth-order valence-electron chi connectivity index (χ4n) is 2.42. The SMILES string of the molecule is CC(CC#N)N(C)C(=O)C1CCC(CN)CC1. The second-order valence-electron chi connectivity index (χ2n) is 5.11. The number of nitriles is 1. The first-order valence-electron chi connectivity index (χ1n) is 6.43. The van der Waals surface area contributed by atoms with E-state index in [-0.39, 0.29) is 17.9 Å². The average Bonchev–Trinajstić information content (AvgIpc) is 2.37. The van der Waals surface area contributed by atoms with Crippen LogP contribution in [0, 0.1) is 23.2 Å². The Morgan fingerprint density at radius 2 is 2.06 bits per heavy atom. The van der Waals surface area contributed by atoms with Crippen LogP contribution >= 0.6 is 0 Å². The lowest BCUT2D eigenvalue weighted by Crippen LogP contribution is -2.40. The lowest BCUT2D eigenvalue weighted by molar-refractivity contribution is -0.137. The van der Waals surface area contributed by atoms with Gasteiger partial charge in [0.25, 0.3) is 0 Å². The highest BCUT2D eigenvalue weighted by molar-refractivity contribution is 5.79. The van der Waals surface area contributed by atoms with Crippen molar-refractivity contribution in [2.75, 3.05) is 13.6 Å². The third-order valence-corrected chi connectivity index (χ3v) is 3.92. The second kappa shape index (κ2) is 6.61. The molecule has 96 valence electrons. The van der Waals surface area contributed by atoms with Crippen LogP contribution in [0.25, 0.3) is 0 Å². The van der Waals surface area contributed by atoms with Gasteiger partial charge < -0.3 is 10.6 Å². The quantitative estimate of drug-likeness (QED) is 0.805. The van der Waals surface area contributed by atoms with E-state index in [2.05, 4.69) is 6.07 Å². The van der Waals surface area contributed by atoms with Crippen molar-refractivity contribution in [3.05, 3.63) is 0 Å². The van der Waals surface area contributed by atoms with E-state index >= 15 is 0 Å². The lowest BCUT2D eigenvalue weighted by atomic mass is 9.81. The Morgan fingerprint density at radius 1 is 1.47 bits per heavy atom. The Labute approximate surface area is 104 Å². The van der Waals surface area contributed by atoms with Gasteiger partial charge in [0.05, 0.1) is 12.5 Å². The molecule has 1 saturated carbocycles. The van der Waals surface area contributed by atoms with Gasteiger partial charge in [0.15, 0.2) is 0 Å². The second-order valence-corrected chi connectivity index (χ2v) is 5.11. The summed E-state index contributed by atoms with van der Waals surface area (Å²) in [7, 11) is 1.80. The van der Waals surface area contributed by atoms with Crippen molar-refractivity contribution in [3.8, 4) is 6.07 Å². The molecule has 1 aliphatic rings. The monoisotopic (exact) mass is 237 g/mol. The van der Waals surface area contributed by atoms with Crippen molar-refractivity contribution in [2.24, 2.45) is 17.6 Å². The third kappa shape index (κ3) is 3.71. The van der Waals surface area contributed by atoms with Crippen molar-refractivity contribution < 1.29 is 4.79 Å². The van der Waals surface area contributed by atoms with Crippen LogP contribution in [0.5, 0.6) is 0 Å². The maximum atomic E-state index is 12.2. The van der Waals surface area contributed by atoms with Gasteiger partial charge in [-0.2, -0.15) is 5.26 Å². The highest BCUT2D eigenvalue weighted by atomic mass is 16.2. The molecule has 0 aromatic rings. The molecule has 0 spiro atoms. The molecule has 4 heteroatoms. The standard InChI is InChI=1S/C13H23N3O/c1-10(7-8-14)16(2)13(17)12-5-3-11(9-15)4-6-12/h10-12H,3-7,9,15H2,1-2H3. The summed E-state index contributed by atoms with van der Waals surface area (Å²) in [6.45, 7) is 2.66. The molecule has 1 atom stereocenters. The molecular weight excluding hydrogens is 214 g/mol. The van der Waals surface area contributed by atoms with Crippen molar-refractivity contribution in [1.82, 2.24) is 4.90 Å². The van der Waals surface area contributed by atoms with Crippen molar-refractivity contribution in [3.63, 3.8) is 0 Å². The summed E-state index contributed by atoms with van der Waals surface area (Å²) in [5.41, 5.74) is 5.64. The normalized spacial score (nSPS) is 26.0. The molecule has 1 aliphatic carbocycles. The smallest absolute Gasteiger partial charge is 0.225 e. The number of rotatable bonds is 4. The predicted octanol–water partition coefficient (Wildman–Crippen LogP) is 1.51. The number of carbonyl (C=O) groups is 1. The van der Waals surface area contributed by atoms with Crippen LogP contribution in [0.2, 0.25) is 0 Å².